The van der Waals surface area contributed by atoms with E-state index in [1.807, 2.05) is 28.2 Å². The Balaban J connectivity index is 1.52. The van der Waals surface area contributed by atoms with Crippen LogP contribution in [0, 0.1) is 0 Å². The molecule has 1 atom stereocenters. The van der Waals surface area contributed by atoms with E-state index in [1.165, 1.54) is 22.2 Å². The molecule has 1 N–H and O–H groups in total. The van der Waals surface area contributed by atoms with Crippen molar-refractivity contribution < 1.29 is 4.79 Å². The molecule has 0 saturated carbocycles. The van der Waals surface area contributed by atoms with Gasteiger partial charge in [0, 0.05) is 17.8 Å². The molecule has 0 fully saturated rings. The maximum absolute atomic E-state index is 12.6. The number of imidazole rings is 1. The first-order valence-corrected chi connectivity index (χ1v) is 8.66. The third-order valence-electron chi connectivity index (χ3n) is 4.07. The van der Waals surface area contributed by atoms with E-state index in [2.05, 4.69) is 15.3 Å². The van der Waals surface area contributed by atoms with Crippen LogP contribution in [0.15, 0.2) is 53.2 Å². The van der Waals surface area contributed by atoms with Gasteiger partial charge in [0.2, 0.25) is 5.91 Å². The summed E-state index contributed by atoms with van der Waals surface area (Å²) in [5.74, 6) is -0.254. The van der Waals surface area contributed by atoms with Gasteiger partial charge in [-0.25, -0.2) is 9.97 Å². The number of thiazole rings is 1. The number of amides is 1. The van der Waals surface area contributed by atoms with Gasteiger partial charge in [0.15, 0.2) is 4.96 Å². The van der Waals surface area contributed by atoms with Crippen LogP contribution in [0.5, 0.6) is 0 Å². The zero-order chi connectivity index (χ0) is 17.4. The molecule has 0 spiro atoms. The number of rotatable bonds is 4. The molecule has 0 aliphatic carbocycles. The fourth-order valence-corrected chi connectivity index (χ4v) is 3.39. The Morgan fingerprint density at radius 2 is 2.20 bits per heavy atom. The van der Waals surface area contributed by atoms with Gasteiger partial charge in [0.05, 0.1) is 29.5 Å². The SMILES string of the molecule is C[C@H](C(=O)NCc1cn2ccsc2n1)n1cnc2ccccc2c1=O. The molecule has 25 heavy (non-hydrogen) atoms. The normalized spacial score (nSPS) is 12.5. The molecule has 4 rings (SSSR count). The Bertz CT molecular complexity index is 1100. The maximum atomic E-state index is 12.6. The van der Waals surface area contributed by atoms with Crippen molar-refractivity contribution in [1.29, 1.82) is 0 Å². The highest BCUT2D eigenvalue weighted by Gasteiger charge is 2.17. The summed E-state index contributed by atoms with van der Waals surface area (Å²) < 4.78 is 3.26. The molecule has 0 aliphatic heterocycles. The minimum Gasteiger partial charge on any atom is -0.349 e. The molecule has 0 bridgehead atoms. The lowest BCUT2D eigenvalue weighted by Crippen LogP contribution is -2.35. The van der Waals surface area contributed by atoms with E-state index in [4.69, 9.17) is 0 Å². The standard InChI is InChI=1S/C17H15N5O2S/c1-11(22-10-19-14-5-3-2-4-13(14)16(22)24)15(23)18-8-12-9-21-6-7-25-17(21)20-12/h2-7,9-11H,8H2,1H3,(H,18,23)/t11-/m1/s1. The Morgan fingerprint density at radius 3 is 3.04 bits per heavy atom. The van der Waals surface area contributed by atoms with E-state index in [0.29, 0.717) is 17.4 Å². The number of para-hydroxylation sites is 1. The third kappa shape index (κ3) is 2.80. The van der Waals surface area contributed by atoms with Gasteiger partial charge in [-0.2, -0.15) is 0 Å². The summed E-state index contributed by atoms with van der Waals surface area (Å²) in [6.07, 6.45) is 5.21. The van der Waals surface area contributed by atoms with Crippen molar-refractivity contribution >= 4 is 33.1 Å². The Morgan fingerprint density at radius 1 is 1.36 bits per heavy atom. The number of carbonyl (C=O) groups excluding carboxylic acids is 1. The van der Waals surface area contributed by atoms with Gasteiger partial charge in [-0.15, -0.1) is 11.3 Å². The fourth-order valence-electron chi connectivity index (χ4n) is 2.67. The van der Waals surface area contributed by atoms with Gasteiger partial charge >= 0.3 is 0 Å². The Kier molecular flexibility index (Phi) is 3.81. The molecule has 3 heterocycles. The first-order chi connectivity index (χ1) is 12.1. The van der Waals surface area contributed by atoms with Crippen LogP contribution in [-0.2, 0) is 11.3 Å². The smallest absolute Gasteiger partial charge is 0.261 e. The van der Waals surface area contributed by atoms with Crippen molar-refractivity contribution in [3.05, 3.63) is 64.4 Å². The van der Waals surface area contributed by atoms with Crippen molar-refractivity contribution in [3.63, 3.8) is 0 Å². The summed E-state index contributed by atoms with van der Waals surface area (Å²) in [6, 6.07) is 6.43. The van der Waals surface area contributed by atoms with Crippen LogP contribution >= 0.6 is 11.3 Å². The van der Waals surface area contributed by atoms with E-state index in [1.54, 1.807) is 25.1 Å². The lowest BCUT2D eigenvalue weighted by atomic mass is 10.2. The fraction of sp³-hybridized carbons (Fsp3) is 0.176. The predicted molar refractivity (Wildman–Crippen MR) is 95.6 cm³/mol. The minimum absolute atomic E-state index is 0.226. The van der Waals surface area contributed by atoms with Crippen molar-refractivity contribution in [2.75, 3.05) is 0 Å². The molecule has 7 nitrogen and oxygen atoms in total. The molecule has 1 amide bonds. The summed E-state index contributed by atoms with van der Waals surface area (Å²) in [5.41, 5.74) is 1.17. The molecule has 0 radical (unpaired) electrons. The summed E-state index contributed by atoms with van der Waals surface area (Å²) in [4.78, 5) is 34.5. The largest absolute Gasteiger partial charge is 0.349 e. The molecular weight excluding hydrogens is 338 g/mol. The number of hydrogen-bond donors (Lipinski definition) is 1. The molecule has 0 unspecified atom stereocenters. The highest BCUT2D eigenvalue weighted by atomic mass is 32.1. The van der Waals surface area contributed by atoms with E-state index in [-0.39, 0.29) is 11.5 Å². The number of nitrogens with one attached hydrogen (secondary N) is 1. The van der Waals surface area contributed by atoms with Crippen LogP contribution < -0.4 is 10.9 Å². The maximum Gasteiger partial charge on any atom is 0.261 e. The molecule has 4 aromatic rings. The van der Waals surface area contributed by atoms with Crippen LogP contribution in [0.2, 0.25) is 0 Å². The van der Waals surface area contributed by atoms with Crippen molar-refractivity contribution in [2.45, 2.75) is 19.5 Å². The summed E-state index contributed by atoms with van der Waals surface area (Å²) >= 11 is 1.53. The van der Waals surface area contributed by atoms with Crippen LogP contribution in [-0.4, -0.2) is 24.8 Å². The second-order valence-corrected chi connectivity index (χ2v) is 6.57. The van der Waals surface area contributed by atoms with E-state index in [0.717, 1.165) is 10.7 Å². The molecule has 3 aromatic heterocycles. The molecule has 0 saturated heterocycles. The Hall–Kier alpha value is -3.00. The predicted octanol–water partition coefficient (Wildman–Crippen LogP) is 1.98. The number of carbonyl (C=O) groups is 1. The zero-order valence-electron chi connectivity index (χ0n) is 13.4. The number of nitrogens with zero attached hydrogens (tertiary/aromatic N) is 4. The first-order valence-electron chi connectivity index (χ1n) is 7.78. The van der Waals surface area contributed by atoms with Crippen LogP contribution in [0.3, 0.4) is 0 Å². The van der Waals surface area contributed by atoms with Gasteiger partial charge in [-0.1, -0.05) is 12.1 Å². The van der Waals surface area contributed by atoms with Crippen molar-refractivity contribution in [1.82, 2.24) is 24.3 Å². The van der Waals surface area contributed by atoms with E-state index < -0.39 is 6.04 Å². The molecule has 1 aromatic carbocycles. The average Bonchev–Trinajstić information content (AvgIpc) is 3.21. The van der Waals surface area contributed by atoms with Crippen molar-refractivity contribution in [3.8, 4) is 0 Å². The molecule has 0 aliphatic rings. The molecule has 126 valence electrons. The lowest BCUT2D eigenvalue weighted by molar-refractivity contribution is -0.124. The highest BCUT2D eigenvalue weighted by Crippen LogP contribution is 2.12. The minimum atomic E-state index is -0.659. The summed E-state index contributed by atoms with van der Waals surface area (Å²) in [5, 5.41) is 5.27. The summed E-state index contributed by atoms with van der Waals surface area (Å²) in [6.45, 7) is 1.99. The molecule has 8 heteroatoms. The van der Waals surface area contributed by atoms with Crippen molar-refractivity contribution in [2.24, 2.45) is 0 Å². The number of benzene rings is 1. The zero-order valence-corrected chi connectivity index (χ0v) is 14.2. The van der Waals surface area contributed by atoms with Gasteiger partial charge in [0.1, 0.15) is 6.04 Å². The van der Waals surface area contributed by atoms with Gasteiger partial charge in [0.25, 0.3) is 5.56 Å². The average molecular weight is 353 g/mol. The number of aromatic nitrogens is 4. The van der Waals surface area contributed by atoms with E-state index >= 15 is 0 Å². The lowest BCUT2D eigenvalue weighted by Gasteiger charge is -2.14. The van der Waals surface area contributed by atoms with Gasteiger partial charge in [-0.3, -0.25) is 18.6 Å². The third-order valence-corrected chi connectivity index (χ3v) is 4.84. The topological polar surface area (TPSA) is 81.3 Å². The second-order valence-electron chi connectivity index (χ2n) is 5.69. The van der Waals surface area contributed by atoms with Crippen LogP contribution in [0.4, 0.5) is 0 Å². The number of hydrogen-bond acceptors (Lipinski definition) is 5. The first kappa shape index (κ1) is 15.5. The van der Waals surface area contributed by atoms with Gasteiger partial charge in [-0.05, 0) is 19.1 Å². The van der Waals surface area contributed by atoms with Crippen LogP contribution in [0.25, 0.3) is 15.9 Å². The Labute approximate surface area is 146 Å². The quantitative estimate of drug-likeness (QED) is 0.608. The number of fused-ring (bicyclic) bond motifs is 2. The second kappa shape index (κ2) is 6.14. The highest BCUT2D eigenvalue weighted by molar-refractivity contribution is 7.15. The van der Waals surface area contributed by atoms with Crippen LogP contribution in [0.1, 0.15) is 18.7 Å². The molecular formula is C17H15N5O2S. The van der Waals surface area contributed by atoms with Gasteiger partial charge < -0.3 is 5.32 Å². The van der Waals surface area contributed by atoms with E-state index in [9.17, 15) is 9.59 Å². The monoisotopic (exact) mass is 353 g/mol. The summed E-state index contributed by atoms with van der Waals surface area (Å²) in [7, 11) is 0.